The zero-order valence-electron chi connectivity index (χ0n) is 14.7. The van der Waals surface area contributed by atoms with Gasteiger partial charge in [-0.2, -0.15) is 0 Å². The Morgan fingerprint density at radius 3 is 2.00 bits per heavy atom. The first kappa shape index (κ1) is 18.5. The predicted octanol–water partition coefficient (Wildman–Crippen LogP) is 5.21. The van der Waals surface area contributed by atoms with Gasteiger partial charge in [0.2, 0.25) is 0 Å². The molecule has 3 rings (SSSR count). The maximum Gasteiger partial charge on any atom is 0.156 e. The molecule has 0 aliphatic heterocycles. The van der Waals surface area contributed by atoms with Crippen LogP contribution < -0.4 is 0 Å². The molecule has 0 fully saturated rings. The summed E-state index contributed by atoms with van der Waals surface area (Å²) < 4.78 is 28.1. The smallest absolute Gasteiger partial charge is 0.156 e. The third-order valence-electron chi connectivity index (χ3n) is 4.35. The fourth-order valence-corrected chi connectivity index (χ4v) is 4.00. The highest BCUT2D eigenvalue weighted by atomic mass is 32.2. The zero-order chi connectivity index (χ0) is 18.7. The summed E-state index contributed by atoms with van der Waals surface area (Å²) in [7, 11) is -1.51. The largest absolute Gasteiger partial charge is 0.385 e. The molecular weight excluding hydrogens is 347 g/mol. The number of hydrogen-bond acceptors (Lipinski definition) is 2. The van der Waals surface area contributed by atoms with Gasteiger partial charge in [-0.25, -0.2) is 8.60 Å². The highest BCUT2D eigenvalue weighted by Crippen LogP contribution is 2.36. The summed E-state index contributed by atoms with van der Waals surface area (Å²) >= 11 is 0. The maximum absolute atomic E-state index is 15.1. The van der Waals surface area contributed by atoms with E-state index in [2.05, 4.69) is 0 Å². The average molecular weight is 368 g/mol. The van der Waals surface area contributed by atoms with Crippen molar-refractivity contribution in [2.24, 2.45) is 0 Å². The van der Waals surface area contributed by atoms with E-state index in [1.807, 2.05) is 38.1 Å². The van der Waals surface area contributed by atoms with Gasteiger partial charge < -0.3 is 5.11 Å². The van der Waals surface area contributed by atoms with Crippen LogP contribution in [0.5, 0.6) is 0 Å². The maximum atomic E-state index is 15.1. The molecule has 3 aromatic rings. The molecule has 2 nitrogen and oxygen atoms in total. The molecule has 0 aliphatic carbocycles. The molecule has 0 amide bonds. The molecule has 26 heavy (non-hydrogen) atoms. The van der Waals surface area contributed by atoms with Crippen LogP contribution in [-0.4, -0.2) is 9.32 Å². The molecule has 3 atom stereocenters. The first-order valence-corrected chi connectivity index (χ1v) is 9.58. The van der Waals surface area contributed by atoms with Crippen molar-refractivity contribution >= 4 is 10.8 Å². The van der Waals surface area contributed by atoms with Gasteiger partial charge in [0.15, 0.2) is 6.17 Å². The number of aliphatic hydroxyl groups is 1. The minimum Gasteiger partial charge on any atom is -0.385 e. The van der Waals surface area contributed by atoms with Crippen LogP contribution in [0, 0.1) is 13.8 Å². The molecule has 0 heterocycles. The highest BCUT2D eigenvalue weighted by molar-refractivity contribution is 7.85. The van der Waals surface area contributed by atoms with Crippen molar-refractivity contribution in [3.05, 3.63) is 95.1 Å². The van der Waals surface area contributed by atoms with Crippen LogP contribution >= 0.6 is 0 Å². The number of benzene rings is 3. The fraction of sp³-hybridized carbons (Fsp3) is 0.182. The van der Waals surface area contributed by atoms with Crippen LogP contribution in [0.2, 0.25) is 0 Å². The van der Waals surface area contributed by atoms with Crippen molar-refractivity contribution in [2.45, 2.75) is 35.9 Å². The summed E-state index contributed by atoms with van der Waals surface area (Å²) in [4.78, 5) is 0.995. The Hall–Kier alpha value is -2.30. The number of aryl methyl sites for hydroxylation is 2. The van der Waals surface area contributed by atoms with E-state index in [1.54, 1.807) is 48.5 Å². The van der Waals surface area contributed by atoms with E-state index in [1.165, 1.54) is 0 Å². The predicted molar refractivity (Wildman–Crippen MR) is 102 cm³/mol. The Morgan fingerprint density at radius 2 is 1.38 bits per heavy atom. The first-order valence-electron chi connectivity index (χ1n) is 8.43. The molecule has 0 aromatic heterocycles. The molecule has 3 aromatic carbocycles. The number of aliphatic hydroxyl groups excluding tert-OH is 1. The van der Waals surface area contributed by atoms with Crippen LogP contribution in [0.3, 0.4) is 0 Å². The molecule has 0 spiro atoms. The molecule has 134 valence electrons. The molecule has 0 bridgehead atoms. The quantitative estimate of drug-likeness (QED) is 0.671. The summed E-state index contributed by atoms with van der Waals surface area (Å²) in [6.07, 6.45) is -2.98. The van der Waals surface area contributed by atoms with E-state index in [0.717, 1.165) is 11.1 Å². The Bertz CT molecular complexity index is 904. The molecule has 0 unspecified atom stereocenters. The molecule has 4 heteroatoms. The summed E-state index contributed by atoms with van der Waals surface area (Å²) in [6, 6.07) is 21.1. The second kappa shape index (κ2) is 7.94. The Kier molecular flexibility index (Phi) is 5.64. The van der Waals surface area contributed by atoms with Crippen molar-refractivity contribution in [1.29, 1.82) is 0 Å². The van der Waals surface area contributed by atoms with Crippen LogP contribution in [-0.2, 0) is 10.8 Å². The lowest BCUT2D eigenvalue weighted by Crippen LogP contribution is -2.10. The summed E-state index contributed by atoms with van der Waals surface area (Å²) in [5.74, 6) is 0. The third kappa shape index (κ3) is 3.92. The monoisotopic (exact) mass is 368 g/mol. The minimum atomic E-state index is -1.66. The van der Waals surface area contributed by atoms with Gasteiger partial charge in [-0.05, 0) is 37.6 Å². The second-order valence-corrected chi connectivity index (χ2v) is 7.83. The van der Waals surface area contributed by atoms with Crippen molar-refractivity contribution in [3.63, 3.8) is 0 Å². The molecule has 0 saturated heterocycles. The average Bonchev–Trinajstić information content (AvgIpc) is 2.67. The molecular formula is C22H21FO2S. The van der Waals surface area contributed by atoms with Gasteiger partial charge in [-0.15, -0.1) is 0 Å². The van der Waals surface area contributed by atoms with Crippen molar-refractivity contribution in [1.82, 2.24) is 0 Å². The van der Waals surface area contributed by atoms with Gasteiger partial charge in [0.1, 0.15) is 6.10 Å². The normalized spacial score (nSPS) is 14.6. The highest BCUT2D eigenvalue weighted by Gasteiger charge is 2.26. The third-order valence-corrected chi connectivity index (χ3v) is 5.82. The van der Waals surface area contributed by atoms with Crippen molar-refractivity contribution in [2.75, 3.05) is 0 Å². The Balaban J connectivity index is 1.94. The summed E-state index contributed by atoms with van der Waals surface area (Å²) in [6.45, 7) is 3.89. The van der Waals surface area contributed by atoms with Crippen LogP contribution in [0.15, 0.2) is 82.6 Å². The Morgan fingerprint density at radius 1 is 0.846 bits per heavy atom. The molecule has 1 N–H and O–H groups in total. The van der Waals surface area contributed by atoms with E-state index in [9.17, 15) is 9.32 Å². The van der Waals surface area contributed by atoms with Gasteiger partial charge in [-0.3, -0.25) is 0 Å². The number of halogens is 1. The lowest BCUT2D eigenvalue weighted by atomic mass is 9.99. The van der Waals surface area contributed by atoms with E-state index < -0.39 is 23.1 Å². The van der Waals surface area contributed by atoms with Crippen molar-refractivity contribution < 1.29 is 13.7 Å². The fourth-order valence-electron chi connectivity index (χ4n) is 2.77. The standard InChI is InChI=1S/C22H21FO2S/c1-15-7-11-17(12-8-15)22(24)21(23)19-5-3-4-6-20(19)26(25)18-13-9-16(2)10-14-18/h3-14,21-22,24H,1-2H3/t21-,22-,26-/m0/s1. The summed E-state index contributed by atoms with van der Waals surface area (Å²) in [5.41, 5.74) is 2.85. The van der Waals surface area contributed by atoms with Gasteiger partial charge >= 0.3 is 0 Å². The second-order valence-electron chi connectivity index (χ2n) is 6.38. The van der Waals surface area contributed by atoms with Gasteiger partial charge in [0.05, 0.1) is 10.8 Å². The van der Waals surface area contributed by atoms with Crippen LogP contribution in [0.4, 0.5) is 4.39 Å². The first-order chi connectivity index (χ1) is 12.5. The van der Waals surface area contributed by atoms with Crippen LogP contribution in [0.25, 0.3) is 0 Å². The van der Waals surface area contributed by atoms with E-state index >= 15 is 4.39 Å². The van der Waals surface area contributed by atoms with E-state index in [0.29, 0.717) is 15.4 Å². The number of rotatable bonds is 5. The molecule has 0 radical (unpaired) electrons. The topological polar surface area (TPSA) is 37.3 Å². The Labute approximate surface area is 155 Å². The van der Waals surface area contributed by atoms with Gasteiger partial charge in [0, 0.05) is 15.4 Å². The lowest BCUT2D eigenvalue weighted by molar-refractivity contribution is 0.0760. The van der Waals surface area contributed by atoms with Crippen LogP contribution in [0.1, 0.15) is 34.5 Å². The van der Waals surface area contributed by atoms with Gasteiger partial charge in [0.25, 0.3) is 0 Å². The lowest BCUT2D eigenvalue weighted by Gasteiger charge is -2.19. The number of alkyl halides is 1. The van der Waals surface area contributed by atoms with E-state index in [-0.39, 0.29) is 5.56 Å². The molecule has 0 saturated carbocycles. The number of hydrogen-bond donors (Lipinski definition) is 1. The zero-order valence-corrected chi connectivity index (χ0v) is 15.5. The SMILES string of the molecule is Cc1ccc([C@H](O)[C@@H](F)c2ccccc2[S@@](=O)c2ccc(C)cc2)cc1. The summed E-state index contributed by atoms with van der Waals surface area (Å²) in [5, 5.41) is 10.5. The van der Waals surface area contributed by atoms with E-state index in [4.69, 9.17) is 0 Å². The van der Waals surface area contributed by atoms with Gasteiger partial charge in [-0.1, -0.05) is 65.7 Å². The minimum absolute atomic E-state index is 0.250. The molecule has 0 aliphatic rings. The van der Waals surface area contributed by atoms with Crippen molar-refractivity contribution in [3.8, 4) is 0 Å².